The zero-order valence-electron chi connectivity index (χ0n) is 9.18. The number of amides is 1. The van der Waals surface area contributed by atoms with Gasteiger partial charge in [0.2, 0.25) is 11.9 Å². The number of nitrogens with zero attached hydrogens (tertiary/aromatic N) is 2. The summed E-state index contributed by atoms with van der Waals surface area (Å²) in [5.74, 6) is -0.115. The van der Waals surface area contributed by atoms with E-state index in [1.165, 1.54) is 6.92 Å². The van der Waals surface area contributed by atoms with E-state index in [0.717, 1.165) is 24.8 Å². The maximum absolute atomic E-state index is 10.8. The Labute approximate surface area is 104 Å². The molecule has 1 amide bonds. The van der Waals surface area contributed by atoms with Crippen molar-refractivity contribution in [1.29, 1.82) is 0 Å². The van der Waals surface area contributed by atoms with Gasteiger partial charge in [-0.3, -0.25) is 10.1 Å². The highest BCUT2D eigenvalue weighted by Crippen LogP contribution is 2.24. The van der Waals surface area contributed by atoms with Gasteiger partial charge in [0.25, 0.3) is 0 Å². The molecule has 1 rings (SSSR count). The second-order valence-corrected chi connectivity index (χ2v) is 4.11. The first kappa shape index (κ1) is 13.2. The van der Waals surface area contributed by atoms with Crippen LogP contribution in [0.5, 0.6) is 0 Å². The van der Waals surface area contributed by atoms with Crippen molar-refractivity contribution in [1.82, 2.24) is 9.97 Å². The minimum atomic E-state index is -0.256. The van der Waals surface area contributed by atoms with E-state index in [-0.39, 0.29) is 11.9 Å². The van der Waals surface area contributed by atoms with Gasteiger partial charge in [-0.1, -0.05) is 36.5 Å². The number of carbonyl (C=O) groups excluding carboxylic acids is 1. The Morgan fingerprint density at radius 3 is 2.31 bits per heavy atom. The highest BCUT2D eigenvalue weighted by molar-refractivity contribution is 6.34. The molecule has 0 unspecified atom stereocenters. The summed E-state index contributed by atoms with van der Waals surface area (Å²) in [6, 6.07) is 0. The summed E-state index contributed by atoms with van der Waals surface area (Å²) in [7, 11) is 0. The molecule has 1 aromatic rings. The van der Waals surface area contributed by atoms with Gasteiger partial charge in [-0.25, -0.2) is 9.97 Å². The van der Waals surface area contributed by atoms with Crippen LogP contribution >= 0.6 is 23.2 Å². The molecule has 6 heteroatoms. The molecule has 0 aliphatic carbocycles. The Morgan fingerprint density at radius 2 is 1.88 bits per heavy atom. The van der Waals surface area contributed by atoms with Gasteiger partial charge >= 0.3 is 0 Å². The Kier molecular flexibility index (Phi) is 4.96. The minimum Gasteiger partial charge on any atom is -0.295 e. The number of rotatable bonds is 4. The van der Waals surface area contributed by atoms with E-state index in [1.807, 2.05) is 0 Å². The zero-order chi connectivity index (χ0) is 12.1. The summed E-state index contributed by atoms with van der Waals surface area (Å²) in [6.07, 6.45) is 2.76. The maximum Gasteiger partial charge on any atom is 0.232 e. The molecule has 0 aliphatic rings. The quantitative estimate of drug-likeness (QED) is 0.848. The van der Waals surface area contributed by atoms with Gasteiger partial charge in [-0.05, 0) is 12.8 Å². The van der Waals surface area contributed by atoms with Crippen LogP contribution < -0.4 is 5.32 Å². The van der Waals surface area contributed by atoms with Gasteiger partial charge < -0.3 is 0 Å². The van der Waals surface area contributed by atoms with Crippen LogP contribution in [0.2, 0.25) is 10.3 Å². The van der Waals surface area contributed by atoms with E-state index in [9.17, 15) is 4.79 Å². The summed E-state index contributed by atoms with van der Waals surface area (Å²) in [5, 5.41) is 3.05. The largest absolute Gasteiger partial charge is 0.295 e. The van der Waals surface area contributed by atoms with Gasteiger partial charge in [-0.15, -0.1) is 0 Å². The summed E-state index contributed by atoms with van der Waals surface area (Å²) < 4.78 is 0. The lowest BCUT2D eigenvalue weighted by molar-refractivity contribution is -0.114. The van der Waals surface area contributed by atoms with Gasteiger partial charge in [-0.2, -0.15) is 0 Å². The topological polar surface area (TPSA) is 54.9 Å². The lowest BCUT2D eigenvalue weighted by Crippen LogP contribution is -2.10. The molecule has 0 atom stereocenters. The highest BCUT2D eigenvalue weighted by atomic mass is 35.5. The fraction of sp³-hybridized carbons (Fsp3) is 0.500. The van der Waals surface area contributed by atoms with Crippen molar-refractivity contribution >= 4 is 35.1 Å². The van der Waals surface area contributed by atoms with Crippen molar-refractivity contribution < 1.29 is 4.79 Å². The van der Waals surface area contributed by atoms with Crippen LogP contribution in [0.1, 0.15) is 32.3 Å². The average Bonchev–Trinajstić information content (AvgIpc) is 2.15. The molecule has 0 radical (unpaired) electrons. The fourth-order valence-corrected chi connectivity index (χ4v) is 1.78. The van der Waals surface area contributed by atoms with Crippen LogP contribution in [-0.2, 0) is 11.2 Å². The Hall–Kier alpha value is -0.870. The molecule has 0 saturated heterocycles. The number of unbranched alkanes of at least 4 members (excludes halogenated alkanes) is 1. The molecule has 1 N–H and O–H groups in total. The molecule has 4 nitrogen and oxygen atoms in total. The van der Waals surface area contributed by atoms with Crippen LogP contribution in [0.3, 0.4) is 0 Å². The van der Waals surface area contributed by atoms with Gasteiger partial charge in [0.15, 0.2) is 0 Å². The molecule has 88 valence electrons. The Morgan fingerprint density at radius 1 is 1.31 bits per heavy atom. The average molecular weight is 262 g/mol. The van der Waals surface area contributed by atoms with Crippen LogP contribution in [0, 0.1) is 0 Å². The molecule has 1 heterocycles. The smallest absolute Gasteiger partial charge is 0.232 e. The number of hydrogen-bond acceptors (Lipinski definition) is 3. The molecule has 0 bridgehead atoms. The van der Waals surface area contributed by atoms with Crippen LogP contribution in [-0.4, -0.2) is 15.9 Å². The standard InChI is InChI=1S/C10H13Cl2N3O/c1-3-4-5-7-8(11)14-10(13-6(2)16)15-9(7)12/h3-5H2,1-2H3,(H,13,14,15,16). The Balaban J connectivity index is 2.93. The predicted octanol–water partition coefficient (Wildman–Crippen LogP) is 3.08. The molecule has 1 aromatic heterocycles. The van der Waals surface area contributed by atoms with Crippen LogP contribution in [0.15, 0.2) is 0 Å². The third-order valence-electron chi connectivity index (χ3n) is 1.97. The maximum atomic E-state index is 10.8. The summed E-state index contributed by atoms with van der Waals surface area (Å²) >= 11 is 11.9. The van der Waals surface area contributed by atoms with Crippen molar-refractivity contribution in [3.05, 3.63) is 15.9 Å². The van der Waals surface area contributed by atoms with Crippen molar-refractivity contribution in [2.24, 2.45) is 0 Å². The molecular formula is C10H13Cl2N3O. The SMILES string of the molecule is CCCCc1c(Cl)nc(NC(C)=O)nc1Cl. The number of aromatic nitrogens is 2. The van der Waals surface area contributed by atoms with Gasteiger partial charge in [0, 0.05) is 12.5 Å². The molecular weight excluding hydrogens is 249 g/mol. The van der Waals surface area contributed by atoms with Crippen molar-refractivity contribution in [2.45, 2.75) is 33.1 Å². The van der Waals surface area contributed by atoms with Gasteiger partial charge in [0.1, 0.15) is 10.3 Å². The lowest BCUT2D eigenvalue weighted by Gasteiger charge is -2.07. The van der Waals surface area contributed by atoms with E-state index in [2.05, 4.69) is 22.2 Å². The lowest BCUT2D eigenvalue weighted by atomic mass is 10.1. The summed E-state index contributed by atoms with van der Waals surface area (Å²) in [4.78, 5) is 18.7. The number of nitrogens with one attached hydrogen (secondary N) is 1. The Bertz CT molecular complexity index is 373. The summed E-state index contributed by atoms with van der Waals surface area (Å²) in [6.45, 7) is 3.45. The second-order valence-electron chi connectivity index (χ2n) is 3.39. The normalized spacial score (nSPS) is 10.2. The number of hydrogen-bond donors (Lipinski definition) is 1. The van der Waals surface area contributed by atoms with E-state index in [0.29, 0.717) is 10.3 Å². The predicted molar refractivity (Wildman–Crippen MR) is 65.0 cm³/mol. The zero-order valence-corrected chi connectivity index (χ0v) is 10.7. The molecule has 0 fully saturated rings. The highest BCUT2D eigenvalue weighted by Gasteiger charge is 2.11. The van der Waals surface area contributed by atoms with E-state index in [1.54, 1.807) is 0 Å². The molecule has 0 saturated carbocycles. The fourth-order valence-electron chi connectivity index (χ4n) is 1.20. The monoisotopic (exact) mass is 261 g/mol. The van der Waals surface area contributed by atoms with E-state index < -0.39 is 0 Å². The van der Waals surface area contributed by atoms with Crippen molar-refractivity contribution in [3.63, 3.8) is 0 Å². The molecule has 16 heavy (non-hydrogen) atoms. The third-order valence-corrected chi connectivity index (χ3v) is 2.60. The van der Waals surface area contributed by atoms with Crippen molar-refractivity contribution in [3.8, 4) is 0 Å². The minimum absolute atomic E-state index is 0.141. The third kappa shape index (κ3) is 3.61. The summed E-state index contributed by atoms with van der Waals surface area (Å²) in [5.41, 5.74) is 0.735. The van der Waals surface area contributed by atoms with Crippen LogP contribution in [0.4, 0.5) is 5.95 Å². The molecule has 0 spiro atoms. The van der Waals surface area contributed by atoms with E-state index in [4.69, 9.17) is 23.2 Å². The first-order valence-electron chi connectivity index (χ1n) is 5.04. The van der Waals surface area contributed by atoms with Crippen LogP contribution in [0.25, 0.3) is 0 Å². The first-order chi connectivity index (χ1) is 7.54. The van der Waals surface area contributed by atoms with Crippen molar-refractivity contribution in [2.75, 3.05) is 5.32 Å². The number of carbonyl (C=O) groups is 1. The molecule has 0 aliphatic heterocycles. The number of anilines is 1. The molecule has 0 aromatic carbocycles. The van der Waals surface area contributed by atoms with Gasteiger partial charge in [0.05, 0.1) is 0 Å². The number of halogens is 2. The van der Waals surface area contributed by atoms with E-state index >= 15 is 0 Å². The first-order valence-corrected chi connectivity index (χ1v) is 5.79. The second kappa shape index (κ2) is 6.01.